The number of hydrogen-bond donors (Lipinski definition) is 1. The lowest BCUT2D eigenvalue weighted by Crippen LogP contribution is -2.21. The van der Waals surface area contributed by atoms with Gasteiger partial charge in [-0.1, -0.05) is 12.2 Å². The molecule has 0 amide bonds. The monoisotopic (exact) mass is 285 g/mol. The molecule has 0 saturated heterocycles. The van der Waals surface area contributed by atoms with Gasteiger partial charge in [0.15, 0.2) is 0 Å². The highest BCUT2D eigenvalue weighted by molar-refractivity contribution is 7.80. The molecule has 0 aromatic heterocycles. The van der Waals surface area contributed by atoms with Gasteiger partial charge in [-0.15, -0.1) is 0 Å². The van der Waals surface area contributed by atoms with Gasteiger partial charge in [0.25, 0.3) is 0 Å². The smallest absolute Gasteiger partial charge is 0.128 e. The molecule has 0 fully saturated rings. The van der Waals surface area contributed by atoms with E-state index in [1.54, 1.807) is 12.1 Å². The topological polar surface area (TPSA) is 44.5 Å². The number of rotatable bonds is 6. The quantitative estimate of drug-likeness (QED) is 0.645. The van der Waals surface area contributed by atoms with Crippen molar-refractivity contribution in [1.82, 2.24) is 0 Å². The van der Waals surface area contributed by atoms with Gasteiger partial charge in [0.1, 0.15) is 10.8 Å². The zero-order chi connectivity index (χ0) is 14.5. The van der Waals surface area contributed by atoms with Gasteiger partial charge in [-0.05, 0) is 39.0 Å². The van der Waals surface area contributed by atoms with Crippen LogP contribution in [0.1, 0.15) is 31.9 Å². The number of nitrogens with two attached hydrogens (primary N) is 1. The second-order valence-corrected chi connectivity index (χ2v) is 5.62. The minimum Gasteiger partial charge on any atom is -0.389 e. The van der Waals surface area contributed by atoms with E-state index in [1.165, 1.54) is 6.07 Å². The predicted octanol–water partition coefficient (Wildman–Crippen LogP) is 2.79. The Balaban J connectivity index is 2.45. The van der Waals surface area contributed by atoms with Gasteiger partial charge >= 0.3 is 0 Å². The Morgan fingerprint density at radius 3 is 2.58 bits per heavy atom. The zero-order valence-corrected chi connectivity index (χ0v) is 12.3. The van der Waals surface area contributed by atoms with Crippen LogP contribution in [0.2, 0.25) is 0 Å². The highest BCUT2D eigenvalue weighted by atomic mass is 32.1. The van der Waals surface area contributed by atoms with Crippen LogP contribution in [0.25, 0.3) is 0 Å². The third kappa shape index (κ3) is 6.09. The number of benzene rings is 1. The highest BCUT2D eigenvalue weighted by Gasteiger charge is 2.09. The van der Waals surface area contributed by atoms with Gasteiger partial charge < -0.3 is 15.2 Å². The second-order valence-electron chi connectivity index (χ2n) is 5.18. The molecule has 2 N–H and O–H groups in total. The molecule has 19 heavy (non-hydrogen) atoms. The molecule has 0 atom stereocenters. The maximum Gasteiger partial charge on any atom is 0.128 e. The Labute approximate surface area is 118 Å². The molecule has 0 spiro atoms. The van der Waals surface area contributed by atoms with Crippen molar-refractivity contribution in [2.24, 2.45) is 5.73 Å². The summed E-state index contributed by atoms with van der Waals surface area (Å²) in [5, 5.41) is 0. The van der Waals surface area contributed by atoms with Gasteiger partial charge in [-0.3, -0.25) is 0 Å². The van der Waals surface area contributed by atoms with Crippen LogP contribution in [0, 0.1) is 5.82 Å². The molecule has 3 nitrogen and oxygen atoms in total. The summed E-state index contributed by atoms with van der Waals surface area (Å²) in [6.07, 6.45) is 0. The van der Waals surface area contributed by atoms with Crippen LogP contribution in [-0.4, -0.2) is 23.8 Å². The molecule has 1 aromatic rings. The molecule has 0 radical (unpaired) electrons. The first-order valence-corrected chi connectivity index (χ1v) is 6.50. The Morgan fingerprint density at radius 1 is 1.32 bits per heavy atom. The molecule has 0 unspecified atom stereocenters. The van der Waals surface area contributed by atoms with E-state index in [9.17, 15) is 4.39 Å². The summed E-state index contributed by atoms with van der Waals surface area (Å²) < 4.78 is 24.4. The van der Waals surface area contributed by atoms with Crippen LogP contribution in [-0.2, 0) is 16.1 Å². The van der Waals surface area contributed by atoms with E-state index in [4.69, 9.17) is 27.4 Å². The van der Waals surface area contributed by atoms with E-state index < -0.39 is 0 Å². The highest BCUT2D eigenvalue weighted by Crippen LogP contribution is 2.12. The molecule has 0 aliphatic heterocycles. The second kappa shape index (κ2) is 6.93. The summed E-state index contributed by atoms with van der Waals surface area (Å²) in [6.45, 7) is 6.97. The molecular formula is C14H20FNO2S. The molecule has 106 valence electrons. The van der Waals surface area contributed by atoms with Gasteiger partial charge in [-0.25, -0.2) is 4.39 Å². The summed E-state index contributed by atoms with van der Waals surface area (Å²) in [6, 6.07) is 4.52. The van der Waals surface area contributed by atoms with Crippen molar-refractivity contribution < 1.29 is 13.9 Å². The summed E-state index contributed by atoms with van der Waals surface area (Å²) >= 11 is 4.85. The fourth-order valence-electron chi connectivity index (χ4n) is 1.43. The molecule has 0 aliphatic rings. The Kier molecular flexibility index (Phi) is 5.85. The first-order valence-electron chi connectivity index (χ1n) is 6.09. The molecule has 0 saturated carbocycles. The van der Waals surface area contributed by atoms with Crippen molar-refractivity contribution in [2.45, 2.75) is 33.0 Å². The van der Waals surface area contributed by atoms with Crippen molar-refractivity contribution >= 4 is 17.2 Å². The maximum absolute atomic E-state index is 13.5. The molecule has 5 heteroatoms. The lowest BCUT2D eigenvalue weighted by molar-refractivity contribution is -0.0379. The van der Waals surface area contributed by atoms with Gasteiger partial charge in [0.05, 0.1) is 25.4 Å². The summed E-state index contributed by atoms with van der Waals surface area (Å²) in [5.41, 5.74) is 6.40. The van der Waals surface area contributed by atoms with Gasteiger partial charge in [0, 0.05) is 11.1 Å². The fraction of sp³-hybridized carbons (Fsp3) is 0.500. The molecule has 0 bridgehead atoms. The molecule has 0 aliphatic carbocycles. The van der Waals surface area contributed by atoms with Crippen LogP contribution in [0.5, 0.6) is 0 Å². The number of thiocarbonyl (C=S) groups is 1. The van der Waals surface area contributed by atoms with Crippen molar-refractivity contribution in [2.75, 3.05) is 13.2 Å². The minimum absolute atomic E-state index is 0.176. The molecular weight excluding hydrogens is 265 g/mol. The number of halogens is 1. The van der Waals surface area contributed by atoms with Crippen molar-refractivity contribution in [3.8, 4) is 0 Å². The lowest BCUT2D eigenvalue weighted by Gasteiger charge is -2.19. The Hall–Kier alpha value is -1.04. The van der Waals surface area contributed by atoms with E-state index in [0.717, 1.165) is 0 Å². The van der Waals surface area contributed by atoms with Crippen molar-refractivity contribution in [3.05, 3.63) is 35.1 Å². The average Bonchev–Trinajstić information content (AvgIpc) is 2.29. The van der Waals surface area contributed by atoms with Gasteiger partial charge in [0.2, 0.25) is 0 Å². The largest absolute Gasteiger partial charge is 0.389 e. The van der Waals surface area contributed by atoms with E-state index in [2.05, 4.69) is 0 Å². The van der Waals surface area contributed by atoms with E-state index in [1.807, 2.05) is 20.8 Å². The zero-order valence-electron chi connectivity index (χ0n) is 11.5. The SMILES string of the molecule is CC(C)(C)OCCOCc1cc(C(N)=S)ccc1F. The summed E-state index contributed by atoms with van der Waals surface area (Å²) in [4.78, 5) is 0.248. The predicted molar refractivity (Wildman–Crippen MR) is 77.6 cm³/mol. The van der Waals surface area contributed by atoms with Crippen molar-refractivity contribution in [1.29, 1.82) is 0 Å². The van der Waals surface area contributed by atoms with Crippen LogP contribution in [0.3, 0.4) is 0 Å². The minimum atomic E-state index is -0.322. The Morgan fingerprint density at radius 2 is 2.00 bits per heavy atom. The third-order valence-corrected chi connectivity index (χ3v) is 2.59. The standard InChI is InChI=1S/C14H20FNO2S/c1-14(2,3)18-7-6-17-9-11-8-10(13(16)19)4-5-12(11)15/h4-5,8H,6-7,9H2,1-3H3,(H2,16,19). The molecule has 1 rings (SSSR count). The summed E-state index contributed by atoms with van der Waals surface area (Å²) in [5.74, 6) is -0.322. The number of ether oxygens (including phenoxy) is 2. The summed E-state index contributed by atoms with van der Waals surface area (Å²) in [7, 11) is 0. The first-order chi connectivity index (χ1) is 8.79. The molecule has 1 aromatic carbocycles. The first kappa shape index (κ1) is 16.0. The normalized spacial score (nSPS) is 11.6. The lowest BCUT2D eigenvalue weighted by atomic mass is 10.1. The number of hydrogen-bond acceptors (Lipinski definition) is 3. The van der Waals surface area contributed by atoms with E-state index in [0.29, 0.717) is 24.3 Å². The molecule has 0 heterocycles. The van der Waals surface area contributed by atoms with Gasteiger partial charge in [-0.2, -0.15) is 0 Å². The van der Waals surface area contributed by atoms with Crippen LogP contribution >= 0.6 is 12.2 Å². The average molecular weight is 285 g/mol. The van der Waals surface area contributed by atoms with Crippen LogP contribution in [0.4, 0.5) is 4.39 Å². The van der Waals surface area contributed by atoms with Crippen molar-refractivity contribution in [3.63, 3.8) is 0 Å². The van der Waals surface area contributed by atoms with Crippen LogP contribution < -0.4 is 5.73 Å². The van der Waals surface area contributed by atoms with E-state index in [-0.39, 0.29) is 23.0 Å². The maximum atomic E-state index is 13.5. The third-order valence-electron chi connectivity index (χ3n) is 2.35. The van der Waals surface area contributed by atoms with E-state index >= 15 is 0 Å². The Bertz CT molecular complexity index is 444. The van der Waals surface area contributed by atoms with Crippen LogP contribution in [0.15, 0.2) is 18.2 Å². The fourth-order valence-corrected chi connectivity index (χ4v) is 1.55.